The third-order valence-electron chi connectivity index (χ3n) is 4.47. The lowest BCUT2D eigenvalue weighted by Gasteiger charge is -2.03. The van der Waals surface area contributed by atoms with E-state index in [0.29, 0.717) is 10.9 Å². The van der Waals surface area contributed by atoms with Crippen LogP contribution in [0.5, 0.6) is 0 Å². The Bertz CT molecular complexity index is 1250. The molecule has 0 bridgehead atoms. The molecule has 5 rings (SSSR count). The number of H-pyrrole nitrogens is 1. The lowest BCUT2D eigenvalue weighted by Crippen LogP contribution is -1.94. The lowest BCUT2D eigenvalue weighted by molar-refractivity contribution is 0.614. The number of hydrogen-bond donors (Lipinski definition) is 1. The predicted molar refractivity (Wildman–Crippen MR) is 104 cm³/mol. The Labute approximate surface area is 159 Å². The van der Waals surface area contributed by atoms with Crippen molar-refractivity contribution in [2.75, 3.05) is 0 Å². The molecule has 0 aliphatic carbocycles. The van der Waals surface area contributed by atoms with Crippen LogP contribution >= 0.6 is 11.6 Å². The van der Waals surface area contributed by atoms with Gasteiger partial charge in [-0.15, -0.1) is 0 Å². The Morgan fingerprint density at radius 3 is 2.74 bits per heavy atom. The fourth-order valence-electron chi connectivity index (χ4n) is 3.16. The predicted octanol–water partition coefficient (Wildman–Crippen LogP) is 4.60. The highest BCUT2D eigenvalue weighted by molar-refractivity contribution is 6.31. The molecule has 5 aromatic rings. The van der Waals surface area contributed by atoms with Gasteiger partial charge in [0.25, 0.3) is 0 Å². The summed E-state index contributed by atoms with van der Waals surface area (Å²) in [6.45, 7) is 0. The quantitative estimate of drug-likeness (QED) is 0.496. The molecule has 0 aliphatic heterocycles. The monoisotopic (exact) mass is 375 g/mol. The van der Waals surface area contributed by atoms with E-state index < -0.39 is 0 Å². The Kier molecular flexibility index (Phi) is 3.83. The molecule has 0 aliphatic rings. The van der Waals surface area contributed by atoms with Gasteiger partial charge in [-0.05, 0) is 60.9 Å². The fourth-order valence-corrected chi connectivity index (χ4v) is 3.39. The molecule has 0 fully saturated rings. The number of halogens is 1. The number of oxazole rings is 1. The first-order valence-corrected chi connectivity index (χ1v) is 8.94. The van der Waals surface area contributed by atoms with Gasteiger partial charge in [0.05, 0.1) is 0 Å². The molecule has 132 valence electrons. The van der Waals surface area contributed by atoms with Crippen LogP contribution in [0.2, 0.25) is 5.02 Å². The standard InChI is InChI=1S/C20H14ClN5O/c21-14-9-12(4-6-15-3-1-2-8-22-15)19-18(11-14)23-20(27-19)13-5-7-16-17(10-13)25-26-24-16/h1-3,5,7-11H,4,6H2,(H,24,25,26). The Hall–Kier alpha value is -3.25. The Morgan fingerprint density at radius 1 is 0.926 bits per heavy atom. The molecule has 0 unspecified atom stereocenters. The molecule has 3 heterocycles. The maximum atomic E-state index is 6.30. The summed E-state index contributed by atoms with van der Waals surface area (Å²) >= 11 is 6.30. The molecule has 0 radical (unpaired) electrons. The SMILES string of the molecule is Clc1cc(CCc2ccccn2)c2oc(-c3ccc4n[nH]nc4c3)nc2c1. The van der Waals surface area contributed by atoms with E-state index in [2.05, 4.69) is 25.4 Å². The number of fused-ring (bicyclic) bond motifs is 2. The highest BCUT2D eigenvalue weighted by atomic mass is 35.5. The zero-order chi connectivity index (χ0) is 18.2. The topological polar surface area (TPSA) is 80.5 Å². The van der Waals surface area contributed by atoms with E-state index in [4.69, 9.17) is 16.0 Å². The number of hydrogen-bond acceptors (Lipinski definition) is 5. The molecule has 6 nitrogen and oxygen atoms in total. The second-order valence-corrected chi connectivity index (χ2v) is 6.72. The summed E-state index contributed by atoms with van der Waals surface area (Å²) < 4.78 is 6.11. The third-order valence-corrected chi connectivity index (χ3v) is 4.69. The average molecular weight is 376 g/mol. The molecule has 0 saturated carbocycles. The van der Waals surface area contributed by atoms with Crippen molar-refractivity contribution >= 4 is 33.7 Å². The second-order valence-electron chi connectivity index (χ2n) is 6.28. The van der Waals surface area contributed by atoms with Crippen molar-refractivity contribution in [3.8, 4) is 11.5 Å². The molecule has 3 aromatic heterocycles. The molecule has 7 heteroatoms. The summed E-state index contributed by atoms with van der Waals surface area (Å²) in [7, 11) is 0. The number of pyridine rings is 1. The highest BCUT2D eigenvalue weighted by Gasteiger charge is 2.14. The largest absolute Gasteiger partial charge is 0.436 e. The molecular formula is C20H14ClN5O. The maximum absolute atomic E-state index is 6.30. The lowest BCUT2D eigenvalue weighted by atomic mass is 10.1. The maximum Gasteiger partial charge on any atom is 0.227 e. The summed E-state index contributed by atoms with van der Waals surface area (Å²) in [6, 6.07) is 15.4. The first-order chi connectivity index (χ1) is 13.3. The minimum atomic E-state index is 0.538. The minimum absolute atomic E-state index is 0.538. The van der Waals surface area contributed by atoms with E-state index >= 15 is 0 Å². The van der Waals surface area contributed by atoms with Crippen LogP contribution in [0.3, 0.4) is 0 Å². The third kappa shape index (κ3) is 3.04. The molecule has 0 atom stereocenters. The number of rotatable bonds is 4. The Morgan fingerprint density at radius 2 is 1.85 bits per heavy atom. The molecule has 0 saturated heterocycles. The van der Waals surface area contributed by atoms with Crippen LogP contribution in [0.1, 0.15) is 11.3 Å². The van der Waals surface area contributed by atoms with Crippen molar-refractivity contribution in [2.45, 2.75) is 12.8 Å². The molecule has 0 amide bonds. The molecule has 0 spiro atoms. The summed E-state index contributed by atoms with van der Waals surface area (Å²) in [5, 5.41) is 11.4. The minimum Gasteiger partial charge on any atom is -0.436 e. The van der Waals surface area contributed by atoms with Crippen LogP contribution in [0, 0.1) is 0 Å². The summed E-state index contributed by atoms with van der Waals surface area (Å²) in [4.78, 5) is 9.00. The summed E-state index contributed by atoms with van der Waals surface area (Å²) in [6.07, 6.45) is 3.37. The zero-order valence-electron chi connectivity index (χ0n) is 14.2. The van der Waals surface area contributed by atoms with E-state index in [1.54, 1.807) is 6.20 Å². The van der Waals surface area contributed by atoms with Crippen LogP contribution in [-0.4, -0.2) is 25.4 Å². The molecule has 1 N–H and O–H groups in total. The summed E-state index contributed by atoms with van der Waals surface area (Å²) in [5.41, 5.74) is 5.96. The van der Waals surface area contributed by atoms with Gasteiger partial charge in [0.15, 0.2) is 5.58 Å². The average Bonchev–Trinajstić information content (AvgIpc) is 3.32. The van der Waals surface area contributed by atoms with Crippen LogP contribution in [0.15, 0.2) is 59.1 Å². The first-order valence-electron chi connectivity index (χ1n) is 8.56. The number of aromatic amines is 1. The van der Waals surface area contributed by atoms with E-state index in [-0.39, 0.29) is 0 Å². The Balaban J connectivity index is 1.54. The number of aromatic nitrogens is 5. The molecule has 27 heavy (non-hydrogen) atoms. The van der Waals surface area contributed by atoms with Gasteiger partial charge < -0.3 is 4.42 Å². The number of benzene rings is 2. The van der Waals surface area contributed by atoms with Gasteiger partial charge >= 0.3 is 0 Å². The van der Waals surface area contributed by atoms with E-state index in [1.165, 1.54) is 0 Å². The van der Waals surface area contributed by atoms with E-state index in [9.17, 15) is 0 Å². The number of aryl methyl sites for hydroxylation is 2. The van der Waals surface area contributed by atoms with E-state index in [1.807, 2.05) is 48.5 Å². The van der Waals surface area contributed by atoms with Gasteiger partial charge in [-0.1, -0.05) is 17.7 Å². The van der Waals surface area contributed by atoms with Crippen molar-refractivity contribution in [3.63, 3.8) is 0 Å². The van der Waals surface area contributed by atoms with Crippen LogP contribution in [0.4, 0.5) is 0 Å². The second kappa shape index (κ2) is 6.48. The van der Waals surface area contributed by atoms with Crippen molar-refractivity contribution < 1.29 is 4.42 Å². The van der Waals surface area contributed by atoms with Crippen LogP contribution in [0.25, 0.3) is 33.6 Å². The van der Waals surface area contributed by atoms with Crippen molar-refractivity contribution in [1.29, 1.82) is 0 Å². The van der Waals surface area contributed by atoms with Gasteiger partial charge in [-0.25, -0.2) is 4.98 Å². The smallest absolute Gasteiger partial charge is 0.227 e. The fraction of sp³-hybridized carbons (Fsp3) is 0.100. The van der Waals surface area contributed by atoms with Crippen LogP contribution in [-0.2, 0) is 12.8 Å². The van der Waals surface area contributed by atoms with Gasteiger partial charge in [-0.3, -0.25) is 4.98 Å². The van der Waals surface area contributed by atoms with Gasteiger partial charge in [0.1, 0.15) is 16.6 Å². The first kappa shape index (κ1) is 16.0. The van der Waals surface area contributed by atoms with Crippen molar-refractivity contribution in [2.24, 2.45) is 0 Å². The van der Waals surface area contributed by atoms with Crippen LogP contribution < -0.4 is 0 Å². The molecule has 2 aromatic carbocycles. The van der Waals surface area contributed by atoms with Gasteiger partial charge in [0.2, 0.25) is 5.89 Å². The van der Waals surface area contributed by atoms with Crippen molar-refractivity contribution in [3.05, 3.63) is 71.0 Å². The van der Waals surface area contributed by atoms with Gasteiger partial charge in [-0.2, -0.15) is 15.4 Å². The number of nitrogens with zero attached hydrogens (tertiary/aromatic N) is 4. The van der Waals surface area contributed by atoms with E-state index in [0.717, 1.165) is 51.8 Å². The van der Waals surface area contributed by atoms with Gasteiger partial charge in [0, 0.05) is 22.5 Å². The normalized spacial score (nSPS) is 11.4. The number of nitrogens with one attached hydrogen (secondary N) is 1. The highest BCUT2D eigenvalue weighted by Crippen LogP contribution is 2.30. The van der Waals surface area contributed by atoms with Crippen molar-refractivity contribution in [1.82, 2.24) is 25.4 Å². The summed E-state index contributed by atoms with van der Waals surface area (Å²) in [5.74, 6) is 0.538. The molecular weight excluding hydrogens is 362 g/mol. The zero-order valence-corrected chi connectivity index (χ0v) is 14.9.